The van der Waals surface area contributed by atoms with Crippen LogP contribution in [0.3, 0.4) is 0 Å². The molecule has 0 aliphatic heterocycles. The molecule has 0 radical (unpaired) electrons. The second-order valence-corrected chi connectivity index (χ2v) is 5.17. The number of benzene rings is 2. The quantitative estimate of drug-likeness (QED) is 0.402. The standard InChI is InChI=1S/C13H5N5O9/c19-13-5-3-1-2-4-6(5)14-8-7(13)9(15(20)21)11(17(24)25)12(18(26)27)10(8)16(22)23/h1-4H,(H,14,19). The molecule has 1 N–H and O–H groups in total. The fraction of sp³-hybridized carbons (Fsp3) is 0. The van der Waals surface area contributed by atoms with E-state index < -0.39 is 58.8 Å². The van der Waals surface area contributed by atoms with Gasteiger partial charge in [0.2, 0.25) is 5.43 Å². The lowest BCUT2D eigenvalue weighted by Gasteiger charge is -2.05. The van der Waals surface area contributed by atoms with E-state index in [4.69, 9.17) is 0 Å². The van der Waals surface area contributed by atoms with Gasteiger partial charge in [-0.25, -0.2) is 0 Å². The molecule has 0 fully saturated rings. The predicted molar refractivity (Wildman–Crippen MR) is 88.7 cm³/mol. The van der Waals surface area contributed by atoms with Crippen LogP contribution in [0, 0.1) is 40.5 Å². The van der Waals surface area contributed by atoms with Crippen LogP contribution < -0.4 is 5.43 Å². The zero-order valence-corrected chi connectivity index (χ0v) is 12.8. The van der Waals surface area contributed by atoms with Crippen molar-refractivity contribution in [2.75, 3.05) is 0 Å². The minimum atomic E-state index is -1.73. The molecule has 0 aliphatic rings. The number of nitro groups is 4. The Hall–Kier alpha value is -4.49. The second-order valence-electron chi connectivity index (χ2n) is 5.17. The van der Waals surface area contributed by atoms with Gasteiger partial charge < -0.3 is 4.98 Å². The van der Waals surface area contributed by atoms with Gasteiger partial charge in [-0.15, -0.1) is 0 Å². The van der Waals surface area contributed by atoms with Crippen LogP contribution >= 0.6 is 0 Å². The number of nitro benzene ring substituents is 4. The molecule has 0 atom stereocenters. The summed E-state index contributed by atoms with van der Waals surface area (Å²) in [7, 11) is 0. The van der Waals surface area contributed by atoms with Crippen molar-refractivity contribution < 1.29 is 19.7 Å². The Balaban J connectivity index is 2.84. The first-order valence-electron chi connectivity index (χ1n) is 6.89. The molecule has 14 nitrogen and oxygen atoms in total. The zero-order valence-electron chi connectivity index (χ0n) is 12.8. The first-order valence-corrected chi connectivity index (χ1v) is 6.89. The van der Waals surface area contributed by atoms with E-state index in [1.807, 2.05) is 0 Å². The Morgan fingerprint density at radius 2 is 1.19 bits per heavy atom. The molecule has 14 heteroatoms. The third-order valence-corrected chi connectivity index (χ3v) is 3.79. The largest absolute Gasteiger partial charge is 0.432 e. The number of pyridine rings is 1. The minimum absolute atomic E-state index is 0.00977. The Labute approximate surface area is 145 Å². The predicted octanol–water partition coefficient (Wildman–Crippen LogP) is 2.31. The third-order valence-electron chi connectivity index (χ3n) is 3.79. The Bertz CT molecular complexity index is 1260. The zero-order chi connectivity index (χ0) is 20.0. The fourth-order valence-corrected chi connectivity index (χ4v) is 2.80. The van der Waals surface area contributed by atoms with Crippen molar-refractivity contribution >= 4 is 44.6 Å². The Morgan fingerprint density at radius 3 is 1.70 bits per heavy atom. The van der Waals surface area contributed by atoms with Gasteiger partial charge in [-0.1, -0.05) is 12.1 Å². The second kappa shape index (κ2) is 5.80. The van der Waals surface area contributed by atoms with E-state index in [2.05, 4.69) is 4.98 Å². The molecule has 0 unspecified atom stereocenters. The highest BCUT2D eigenvalue weighted by Crippen LogP contribution is 2.48. The summed E-state index contributed by atoms with van der Waals surface area (Å²) in [5, 5.41) is 44.4. The molecule has 0 amide bonds. The minimum Gasteiger partial charge on any atom is -0.348 e. The van der Waals surface area contributed by atoms with Crippen molar-refractivity contribution in [1.82, 2.24) is 4.98 Å². The molecule has 1 heterocycles. The molecule has 3 aromatic rings. The average molecular weight is 375 g/mol. The number of para-hydroxylation sites is 1. The van der Waals surface area contributed by atoms with Crippen molar-refractivity contribution in [1.29, 1.82) is 0 Å². The van der Waals surface area contributed by atoms with Crippen molar-refractivity contribution in [3.63, 3.8) is 0 Å². The maximum Gasteiger partial charge on any atom is 0.432 e. The molecule has 27 heavy (non-hydrogen) atoms. The summed E-state index contributed by atoms with van der Waals surface area (Å²) in [4.78, 5) is 55.0. The molecular formula is C13H5N5O9. The number of rotatable bonds is 4. The third kappa shape index (κ3) is 2.39. The normalized spacial score (nSPS) is 10.8. The van der Waals surface area contributed by atoms with Gasteiger partial charge in [-0.3, -0.25) is 45.3 Å². The summed E-state index contributed by atoms with van der Waals surface area (Å²) in [6.45, 7) is 0. The number of hydrogen-bond acceptors (Lipinski definition) is 9. The molecule has 0 saturated heterocycles. The van der Waals surface area contributed by atoms with E-state index in [0.29, 0.717) is 0 Å². The fourth-order valence-electron chi connectivity index (χ4n) is 2.80. The maximum absolute atomic E-state index is 12.7. The number of hydrogen-bond donors (Lipinski definition) is 1. The number of nitrogens with one attached hydrogen (secondary N) is 1. The summed E-state index contributed by atoms with van der Waals surface area (Å²) in [6.07, 6.45) is 0. The van der Waals surface area contributed by atoms with E-state index in [-0.39, 0.29) is 10.9 Å². The van der Waals surface area contributed by atoms with Crippen LogP contribution in [0.15, 0.2) is 29.1 Å². The van der Waals surface area contributed by atoms with Gasteiger partial charge in [0, 0.05) is 10.9 Å². The SMILES string of the molecule is O=c1c2ccccc2[nH]c2c([N+](=O)[O-])c([N+](=O)[O-])c([N+](=O)[O-])c([N+](=O)[O-])c12. The number of nitrogens with zero attached hydrogens (tertiary/aromatic N) is 4. The van der Waals surface area contributed by atoms with Gasteiger partial charge in [-0.2, -0.15) is 0 Å². The van der Waals surface area contributed by atoms with E-state index in [1.54, 1.807) is 0 Å². The summed E-state index contributed by atoms with van der Waals surface area (Å²) >= 11 is 0. The average Bonchev–Trinajstić information content (AvgIpc) is 2.59. The lowest BCUT2D eigenvalue weighted by molar-refractivity contribution is -0.450. The maximum atomic E-state index is 12.7. The topological polar surface area (TPSA) is 205 Å². The molecule has 136 valence electrons. The van der Waals surface area contributed by atoms with Crippen LogP contribution in [-0.4, -0.2) is 24.7 Å². The van der Waals surface area contributed by atoms with Crippen molar-refractivity contribution in [2.45, 2.75) is 0 Å². The molecule has 0 bridgehead atoms. The van der Waals surface area contributed by atoms with Crippen LogP contribution in [0.4, 0.5) is 22.7 Å². The first kappa shape index (κ1) is 17.3. The van der Waals surface area contributed by atoms with Gasteiger partial charge in [0.15, 0.2) is 0 Å². The van der Waals surface area contributed by atoms with Crippen molar-refractivity contribution in [3.05, 3.63) is 74.9 Å². The first-order chi connectivity index (χ1) is 12.7. The van der Waals surface area contributed by atoms with Gasteiger partial charge in [-0.05, 0) is 12.1 Å². The van der Waals surface area contributed by atoms with E-state index in [0.717, 1.165) is 0 Å². The van der Waals surface area contributed by atoms with E-state index >= 15 is 0 Å². The van der Waals surface area contributed by atoms with Crippen LogP contribution in [-0.2, 0) is 0 Å². The number of fused-ring (bicyclic) bond motifs is 2. The molecule has 0 aliphatic carbocycles. The van der Waals surface area contributed by atoms with E-state index in [1.165, 1.54) is 24.3 Å². The molecule has 1 aromatic heterocycles. The monoisotopic (exact) mass is 375 g/mol. The summed E-state index contributed by atoms with van der Waals surface area (Å²) in [6, 6.07) is 5.42. The van der Waals surface area contributed by atoms with Gasteiger partial charge in [0.1, 0.15) is 10.9 Å². The summed E-state index contributed by atoms with van der Waals surface area (Å²) in [5.74, 6) is 0. The van der Waals surface area contributed by atoms with Gasteiger partial charge in [0.05, 0.1) is 19.7 Å². The van der Waals surface area contributed by atoms with Crippen molar-refractivity contribution in [3.8, 4) is 0 Å². The van der Waals surface area contributed by atoms with Crippen LogP contribution in [0.1, 0.15) is 0 Å². The number of H-pyrrole nitrogens is 1. The lowest BCUT2D eigenvalue weighted by Crippen LogP contribution is -2.12. The highest BCUT2D eigenvalue weighted by molar-refractivity contribution is 6.07. The van der Waals surface area contributed by atoms with E-state index in [9.17, 15) is 45.3 Å². The Morgan fingerprint density at radius 1 is 0.704 bits per heavy atom. The molecule has 0 saturated carbocycles. The number of aromatic nitrogens is 1. The van der Waals surface area contributed by atoms with Gasteiger partial charge >= 0.3 is 22.7 Å². The molecule has 2 aromatic carbocycles. The highest BCUT2D eigenvalue weighted by Gasteiger charge is 2.48. The molecular weight excluding hydrogens is 370 g/mol. The van der Waals surface area contributed by atoms with Crippen LogP contribution in [0.2, 0.25) is 0 Å². The lowest BCUT2D eigenvalue weighted by atomic mass is 10.0. The van der Waals surface area contributed by atoms with Crippen LogP contribution in [0.25, 0.3) is 21.8 Å². The summed E-state index contributed by atoms with van der Waals surface area (Å²) in [5.41, 5.74) is -8.25. The molecule has 0 spiro atoms. The van der Waals surface area contributed by atoms with Gasteiger partial charge in [0.25, 0.3) is 0 Å². The molecule has 3 rings (SSSR count). The highest BCUT2D eigenvalue weighted by atomic mass is 16.7. The van der Waals surface area contributed by atoms with Crippen molar-refractivity contribution in [2.24, 2.45) is 0 Å². The number of aromatic amines is 1. The smallest absolute Gasteiger partial charge is 0.348 e. The summed E-state index contributed by atoms with van der Waals surface area (Å²) < 4.78 is 0. The van der Waals surface area contributed by atoms with Crippen LogP contribution in [0.5, 0.6) is 0 Å². The Kier molecular flexibility index (Phi) is 3.72.